The van der Waals surface area contributed by atoms with Crippen molar-refractivity contribution < 1.29 is 13.9 Å². The van der Waals surface area contributed by atoms with Crippen molar-refractivity contribution in [1.29, 1.82) is 0 Å². The molecule has 0 amide bonds. The van der Waals surface area contributed by atoms with Gasteiger partial charge in [-0.2, -0.15) is 0 Å². The molecule has 0 aliphatic heterocycles. The SMILES string of the molecule is C=CCc1cc2c(=O)c3ccccc3oc2c(Br)c1OC(C)=O. The topological polar surface area (TPSA) is 56.5 Å². The highest BCUT2D eigenvalue weighted by Crippen LogP contribution is 2.37. The number of rotatable bonds is 3. The number of carbonyl (C=O) groups excluding carboxylic acids is 1. The minimum absolute atomic E-state index is 0.123. The maximum Gasteiger partial charge on any atom is 0.308 e. The smallest absolute Gasteiger partial charge is 0.308 e. The van der Waals surface area contributed by atoms with Crippen LogP contribution in [0.15, 0.2) is 56.7 Å². The molecule has 1 aromatic heterocycles. The Labute approximate surface area is 140 Å². The first-order valence-corrected chi connectivity index (χ1v) is 7.78. The van der Waals surface area contributed by atoms with Crippen LogP contribution in [0, 0.1) is 0 Å². The van der Waals surface area contributed by atoms with Crippen molar-refractivity contribution in [3.8, 4) is 5.75 Å². The van der Waals surface area contributed by atoms with Gasteiger partial charge in [-0.15, -0.1) is 6.58 Å². The summed E-state index contributed by atoms with van der Waals surface area (Å²) in [6, 6.07) is 8.73. The molecule has 0 unspecified atom stereocenters. The Kier molecular flexibility index (Phi) is 4.05. The van der Waals surface area contributed by atoms with Crippen LogP contribution in [0.5, 0.6) is 5.75 Å². The summed E-state index contributed by atoms with van der Waals surface area (Å²) < 4.78 is 11.6. The molecule has 0 fully saturated rings. The molecule has 0 saturated carbocycles. The van der Waals surface area contributed by atoms with Crippen molar-refractivity contribution in [3.05, 3.63) is 63.2 Å². The van der Waals surface area contributed by atoms with Gasteiger partial charge in [0.05, 0.1) is 10.8 Å². The molecule has 0 atom stereocenters. The third-order valence-electron chi connectivity index (χ3n) is 3.45. The first-order chi connectivity index (χ1) is 11.0. The molecule has 5 heteroatoms. The van der Waals surface area contributed by atoms with Crippen LogP contribution < -0.4 is 10.2 Å². The number of allylic oxidation sites excluding steroid dienone is 1. The van der Waals surface area contributed by atoms with Gasteiger partial charge in [-0.1, -0.05) is 18.2 Å². The van der Waals surface area contributed by atoms with Crippen LogP contribution in [-0.2, 0) is 11.2 Å². The van der Waals surface area contributed by atoms with Crippen molar-refractivity contribution in [1.82, 2.24) is 0 Å². The summed E-state index contributed by atoms with van der Waals surface area (Å²) >= 11 is 3.41. The summed E-state index contributed by atoms with van der Waals surface area (Å²) in [5.74, 6) is -0.0955. The summed E-state index contributed by atoms with van der Waals surface area (Å²) in [5.41, 5.74) is 1.41. The summed E-state index contributed by atoms with van der Waals surface area (Å²) in [5, 5.41) is 0.944. The summed E-state index contributed by atoms with van der Waals surface area (Å²) in [6.07, 6.45) is 2.15. The van der Waals surface area contributed by atoms with E-state index in [1.807, 2.05) is 0 Å². The van der Waals surface area contributed by atoms with E-state index >= 15 is 0 Å². The van der Waals surface area contributed by atoms with Gasteiger partial charge in [0.25, 0.3) is 0 Å². The zero-order chi connectivity index (χ0) is 16.6. The molecule has 1 heterocycles. The van der Waals surface area contributed by atoms with Gasteiger partial charge in [0.2, 0.25) is 5.43 Å². The molecular formula is C18H13BrO4. The van der Waals surface area contributed by atoms with E-state index in [-0.39, 0.29) is 5.43 Å². The summed E-state index contributed by atoms with van der Waals surface area (Å²) in [4.78, 5) is 24.1. The Morgan fingerprint density at radius 1 is 1.35 bits per heavy atom. The van der Waals surface area contributed by atoms with Gasteiger partial charge in [-0.3, -0.25) is 9.59 Å². The van der Waals surface area contributed by atoms with Crippen molar-refractivity contribution >= 4 is 43.8 Å². The Morgan fingerprint density at radius 3 is 2.78 bits per heavy atom. The fraction of sp³-hybridized carbons (Fsp3) is 0.111. The summed E-state index contributed by atoms with van der Waals surface area (Å²) in [6.45, 7) is 5.03. The van der Waals surface area contributed by atoms with E-state index in [4.69, 9.17) is 9.15 Å². The fourth-order valence-electron chi connectivity index (χ4n) is 2.50. The lowest BCUT2D eigenvalue weighted by Crippen LogP contribution is -2.08. The molecule has 0 bridgehead atoms. The maximum absolute atomic E-state index is 12.7. The van der Waals surface area contributed by atoms with Crippen LogP contribution in [0.1, 0.15) is 12.5 Å². The minimum atomic E-state index is -0.446. The van der Waals surface area contributed by atoms with Crippen LogP contribution in [0.2, 0.25) is 0 Å². The Hall–Kier alpha value is -2.40. The second-order valence-corrected chi connectivity index (χ2v) is 5.86. The number of hydrogen-bond donors (Lipinski definition) is 0. The van der Waals surface area contributed by atoms with E-state index in [0.717, 1.165) is 0 Å². The normalized spacial score (nSPS) is 10.9. The van der Waals surface area contributed by atoms with E-state index < -0.39 is 5.97 Å². The van der Waals surface area contributed by atoms with E-state index in [1.54, 1.807) is 36.4 Å². The van der Waals surface area contributed by atoms with E-state index in [0.29, 0.717) is 44.1 Å². The molecule has 0 saturated heterocycles. The molecule has 0 N–H and O–H groups in total. The maximum atomic E-state index is 12.7. The molecule has 0 spiro atoms. The Bertz CT molecular complexity index is 1000. The van der Waals surface area contributed by atoms with Crippen molar-refractivity contribution in [3.63, 3.8) is 0 Å². The lowest BCUT2D eigenvalue weighted by Gasteiger charge is -2.12. The third kappa shape index (κ3) is 2.68. The van der Waals surface area contributed by atoms with Crippen LogP contribution in [0.3, 0.4) is 0 Å². The van der Waals surface area contributed by atoms with Crippen molar-refractivity contribution in [2.45, 2.75) is 13.3 Å². The van der Waals surface area contributed by atoms with Gasteiger partial charge in [-0.25, -0.2) is 0 Å². The number of hydrogen-bond acceptors (Lipinski definition) is 4. The number of halogens is 1. The average molecular weight is 373 g/mol. The molecular weight excluding hydrogens is 360 g/mol. The van der Waals surface area contributed by atoms with Crippen LogP contribution in [-0.4, -0.2) is 5.97 Å². The largest absolute Gasteiger partial charge is 0.454 e. The third-order valence-corrected chi connectivity index (χ3v) is 4.17. The predicted molar refractivity (Wildman–Crippen MR) is 92.9 cm³/mol. The predicted octanol–water partition coefficient (Wildman–Crippen LogP) is 4.36. The van der Waals surface area contributed by atoms with Gasteiger partial charge >= 0.3 is 5.97 Å². The zero-order valence-electron chi connectivity index (χ0n) is 12.4. The molecule has 2 aromatic carbocycles. The average Bonchev–Trinajstić information content (AvgIpc) is 2.52. The van der Waals surface area contributed by atoms with E-state index in [1.165, 1.54) is 6.92 Å². The second kappa shape index (κ2) is 6.01. The van der Waals surface area contributed by atoms with E-state index in [9.17, 15) is 9.59 Å². The van der Waals surface area contributed by atoms with Gasteiger partial charge in [0.15, 0.2) is 11.3 Å². The lowest BCUT2D eigenvalue weighted by molar-refractivity contribution is -0.131. The fourth-order valence-corrected chi connectivity index (χ4v) is 3.13. The number of esters is 1. The van der Waals surface area contributed by atoms with Gasteiger partial charge in [-0.05, 0) is 40.5 Å². The molecule has 0 aliphatic rings. The second-order valence-electron chi connectivity index (χ2n) is 5.07. The number of carbonyl (C=O) groups is 1. The summed E-state index contributed by atoms with van der Waals surface area (Å²) in [7, 11) is 0. The number of fused-ring (bicyclic) bond motifs is 2. The molecule has 116 valence electrons. The quantitative estimate of drug-likeness (QED) is 0.296. The molecule has 0 aliphatic carbocycles. The highest BCUT2D eigenvalue weighted by atomic mass is 79.9. The highest BCUT2D eigenvalue weighted by Gasteiger charge is 2.19. The van der Waals surface area contributed by atoms with Crippen molar-refractivity contribution in [2.24, 2.45) is 0 Å². The molecule has 23 heavy (non-hydrogen) atoms. The van der Waals surface area contributed by atoms with Crippen LogP contribution in [0.4, 0.5) is 0 Å². The molecule has 0 radical (unpaired) electrons. The van der Waals surface area contributed by atoms with Crippen LogP contribution >= 0.6 is 15.9 Å². The first-order valence-electron chi connectivity index (χ1n) is 6.99. The highest BCUT2D eigenvalue weighted by molar-refractivity contribution is 9.10. The zero-order valence-corrected chi connectivity index (χ0v) is 14.0. The number of para-hydroxylation sites is 1. The first kappa shape index (κ1) is 15.5. The minimum Gasteiger partial charge on any atom is -0.454 e. The Balaban J connectivity index is 2.45. The molecule has 3 rings (SSSR count). The van der Waals surface area contributed by atoms with Gasteiger partial charge in [0, 0.05) is 12.5 Å². The van der Waals surface area contributed by atoms with Crippen molar-refractivity contribution in [2.75, 3.05) is 0 Å². The molecule has 4 nitrogen and oxygen atoms in total. The van der Waals surface area contributed by atoms with Crippen LogP contribution in [0.25, 0.3) is 21.9 Å². The standard InChI is InChI=1S/C18H13BrO4/c1-3-6-11-9-13-16(21)12-7-4-5-8-14(12)23-18(13)15(19)17(11)22-10(2)20/h3-5,7-9H,1,6H2,2H3. The number of benzene rings is 2. The van der Waals surface area contributed by atoms with Gasteiger partial charge < -0.3 is 9.15 Å². The molecule has 3 aromatic rings. The number of ether oxygens (including phenoxy) is 1. The Morgan fingerprint density at radius 2 is 2.09 bits per heavy atom. The van der Waals surface area contributed by atoms with E-state index in [2.05, 4.69) is 22.5 Å². The lowest BCUT2D eigenvalue weighted by atomic mass is 10.1. The monoisotopic (exact) mass is 372 g/mol. The van der Waals surface area contributed by atoms with Gasteiger partial charge in [0.1, 0.15) is 10.1 Å².